The zero-order valence-electron chi connectivity index (χ0n) is 12.4. The molecule has 2 rings (SSSR count). The molecular weight excluding hydrogens is 286 g/mol. The van der Waals surface area contributed by atoms with Crippen molar-refractivity contribution in [3.63, 3.8) is 0 Å². The summed E-state index contributed by atoms with van der Waals surface area (Å²) < 4.78 is 10.0. The third kappa shape index (κ3) is 3.70. The largest absolute Gasteiger partial charge is 0.497 e. The van der Waals surface area contributed by atoms with Gasteiger partial charge in [0.1, 0.15) is 17.1 Å². The Labute approximate surface area is 127 Å². The maximum Gasteiger partial charge on any atom is 0.341 e. The molecule has 0 aliphatic carbocycles. The van der Waals surface area contributed by atoms with Gasteiger partial charge in [-0.15, -0.1) is 0 Å². The molecule has 0 aliphatic rings. The van der Waals surface area contributed by atoms with Crippen LogP contribution in [0.2, 0.25) is 0 Å². The zero-order valence-corrected chi connectivity index (χ0v) is 12.4. The van der Waals surface area contributed by atoms with Gasteiger partial charge in [-0.2, -0.15) is 0 Å². The highest BCUT2D eigenvalue weighted by Gasteiger charge is 2.14. The molecule has 0 unspecified atom stereocenters. The van der Waals surface area contributed by atoms with Crippen LogP contribution < -0.4 is 10.1 Å². The van der Waals surface area contributed by atoms with E-state index >= 15 is 0 Å². The molecule has 0 aliphatic heterocycles. The van der Waals surface area contributed by atoms with Crippen molar-refractivity contribution in [3.05, 3.63) is 36.0 Å². The Bertz CT molecular complexity index is 644. The van der Waals surface area contributed by atoms with Gasteiger partial charge < -0.3 is 19.9 Å². The summed E-state index contributed by atoms with van der Waals surface area (Å²) in [6, 6.07) is 7.21. The smallest absolute Gasteiger partial charge is 0.341 e. The van der Waals surface area contributed by atoms with E-state index < -0.39 is 5.97 Å². The number of anilines is 1. The van der Waals surface area contributed by atoms with Crippen molar-refractivity contribution >= 4 is 11.8 Å². The molecule has 0 spiro atoms. The van der Waals surface area contributed by atoms with Gasteiger partial charge in [-0.1, -0.05) is 0 Å². The number of hydrogen-bond acceptors (Lipinski definition) is 6. The van der Waals surface area contributed by atoms with Crippen LogP contribution in [0.1, 0.15) is 10.4 Å². The van der Waals surface area contributed by atoms with Crippen LogP contribution in [0.4, 0.5) is 5.82 Å². The predicted octanol–water partition coefficient (Wildman–Crippen LogP) is 1.91. The lowest BCUT2D eigenvalue weighted by Gasteiger charge is -2.10. The van der Waals surface area contributed by atoms with Gasteiger partial charge in [0.15, 0.2) is 5.82 Å². The average Bonchev–Trinajstić information content (AvgIpc) is 2.55. The summed E-state index contributed by atoms with van der Waals surface area (Å²) in [4.78, 5) is 19.6. The Kier molecular flexibility index (Phi) is 5.26. The second-order valence-electron chi connectivity index (χ2n) is 4.41. The fraction of sp³-hybridized carbons (Fsp3) is 0.267. The third-order valence-electron chi connectivity index (χ3n) is 2.97. The molecule has 1 aromatic heterocycles. The number of rotatable bonds is 7. The summed E-state index contributed by atoms with van der Waals surface area (Å²) in [7, 11) is 3.16. The van der Waals surface area contributed by atoms with E-state index in [4.69, 9.17) is 9.47 Å². The highest BCUT2D eigenvalue weighted by atomic mass is 16.5. The van der Waals surface area contributed by atoms with Crippen molar-refractivity contribution in [2.45, 2.75) is 0 Å². The number of methoxy groups -OCH3 is 2. The first-order chi connectivity index (χ1) is 10.7. The number of hydrogen-bond donors (Lipinski definition) is 2. The minimum absolute atomic E-state index is 0.0216. The Morgan fingerprint density at radius 3 is 2.59 bits per heavy atom. The standard InChI is InChI=1S/C15H17N3O4/c1-21-8-7-16-14-12(15(19)20)9-17-13(18-14)10-3-5-11(22-2)6-4-10/h3-6,9H,7-8H2,1-2H3,(H,19,20)(H,16,17,18). The molecule has 7 nitrogen and oxygen atoms in total. The number of aromatic carboxylic acids is 1. The molecule has 0 saturated heterocycles. The van der Waals surface area contributed by atoms with Gasteiger partial charge >= 0.3 is 5.97 Å². The Morgan fingerprint density at radius 1 is 1.27 bits per heavy atom. The quantitative estimate of drug-likeness (QED) is 0.754. The van der Waals surface area contributed by atoms with Crippen LogP contribution in [0, 0.1) is 0 Å². The monoisotopic (exact) mass is 303 g/mol. The summed E-state index contributed by atoms with van der Waals surface area (Å²) in [5.74, 6) is 0.350. The molecule has 0 radical (unpaired) electrons. The number of nitrogens with zero attached hydrogens (tertiary/aromatic N) is 2. The van der Waals surface area contributed by atoms with Crippen molar-refractivity contribution in [2.24, 2.45) is 0 Å². The molecule has 2 N–H and O–H groups in total. The molecule has 7 heteroatoms. The van der Waals surface area contributed by atoms with Crippen molar-refractivity contribution in [3.8, 4) is 17.1 Å². The second-order valence-corrected chi connectivity index (χ2v) is 4.41. The first-order valence-electron chi connectivity index (χ1n) is 6.63. The molecule has 0 bridgehead atoms. The van der Waals surface area contributed by atoms with Gasteiger partial charge in [-0.25, -0.2) is 14.8 Å². The molecular formula is C15H17N3O4. The maximum absolute atomic E-state index is 11.2. The van der Waals surface area contributed by atoms with Crippen LogP contribution >= 0.6 is 0 Å². The minimum Gasteiger partial charge on any atom is -0.497 e. The van der Waals surface area contributed by atoms with Gasteiger partial charge in [0, 0.05) is 25.4 Å². The number of carbonyl (C=O) groups is 1. The molecule has 2 aromatic rings. The lowest BCUT2D eigenvalue weighted by atomic mass is 10.2. The molecule has 1 aromatic carbocycles. The topological polar surface area (TPSA) is 93.6 Å². The van der Waals surface area contributed by atoms with Crippen molar-refractivity contribution in [2.75, 3.05) is 32.7 Å². The molecule has 1 heterocycles. The molecule has 0 saturated carbocycles. The van der Waals surface area contributed by atoms with E-state index in [1.54, 1.807) is 26.4 Å². The van der Waals surface area contributed by atoms with Gasteiger partial charge in [-0.3, -0.25) is 0 Å². The summed E-state index contributed by atoms with van der Waals surface area (Å²) in [6.07, 6.45) is 1.30. The first-order valence-corrected chi connectivity index (χ1v) is 6.63. The van der Waals surface area contributed by atoms with Crippen LogP contribution in [-0.2, 0) is 4.74 Å². The predicted molar refractivity (Wildman–Crippen MR) is 81.3 cm³/mol. The summed E-state index contributed by atoms with van der Waals surface area (Å²) in [5, 5.41) is 12.1. The number of benzene rings is 1. The van der Waals surface area contributed by atoms with Crippen LogP contribution in [0.25, 0.3) is 11.4 Å². The van der Waals surface area contributed by atoms with Gasteiger partial charge in [0.25, 0.3) is 0 Å². The van der Waals surface area contributed by atoms with Gasteiger partial charge in [0.05, 0.1) is 13.7 Å². The SMILES string of the molecule is COCCNc1nc(-c2ccc(OC)cc2)ncc1C(=O)O. The van der Waals surface area contributed by atoms with E-state index in [1.165, 1.54) is 6.20 Å². The molecule has 0 fully saturated rings. The van der Waals surface area contributed by atoms with E-state index in [-0.39, 0.29) is 11.4 Å². The van der Waals surface area contributed by atoms with Crippen molar-refractivity contribution < 1.29 is 19.4 Å². The minimum atomic E-state index is -1.08. The second kappa shape index (κ2) is 7.37. The van der Waals surface area contributed by atoms with Crippen LogP contribution in [0.3, 0.4) is 0 Å². The first kappa shape index (κ1) is 15.7. The highest BCUT2D eigenvalue weighted by Crippen LogP contribution is 2.21. The van der Waals surface area contributed by atoms with Crippen LogP contribution in [0.15, 0.2) is 30.5 Å². The fourth-order valence-corrected chi connectivity index (χ4v) is 1.82. The number of carboxylic acids is 1. The number of ether oxygens (including phenoxy) is 2. The fourth-order valence-electron chi connectivity index (χ4n) is 1.82. The van der Waals surface area contributed by atoms with Gasteiger partial charge in [-0.05, 0) is 24.3 Å². The summed E-state index contributed by atoms with van der Waals surface area (Å²) in [5.41, 5.74) is 0.792. The molecule has 0 amide bonds. The Balaban J connectivity index is 2.31. The summed E-state index contributed by atoms with van der Waals surface area (Å²) in [6.45, 7) is 0.900. The Morgan fingerprint density at radius 2 is 2.00 bits per heavy atom. The lowest BCUT2D eigenvalue weighted by molar-refractivity contribution is 0.0697. The van der Waals surface area contributed by atoms with Gasteiger partial charge in [0.2, 0.25) is 0 Å². The summed E-state index contributed by atoms with van der Waals surface area (Å²) >= 11 is 0. The third-order valence-corrected chi connectivity index (χ3v) is 2.97. The maximum atomic E-state index is 11.2. The van der Waals surface area contributed by atoms with E-state index in [0.29, 0.717) is 19.0 Å². The number of nitrogens with one attached hydrogen (secondary N) is 1. The Hall–Kier alpha value is -2.67. The van der Waals surface area contributed by atoms with Crippen LogP contribution in [0.5, 0.6) is 5.75 Å². The van der Waals surface area contributed by atoms with E-state index in [2.05, 4.69) is 15.3 Å². The van der Waals surface area contributed by atoms with Crippen LogP contribution in [-0.4, -0.2) is 48.4 Å². The molecule has 0 atom stereocenters. The zero-order chi connectivity index (χ0) is 15.9. The van der Waals surface area contributed by atoms with E-state index in [9.17, 15) is 9.90 Å². The van der Waals surface area contributed by atoms with E-state index in [1.807, 2.05) is 12.1 Å². The van der Waals surface area contributed by atoms with E-state index in [0.717, 1.165) is 11.3 Å². The average molecular weight is 303 g/mol. The number of carboxylic acid groups (broad SMARTS) is 1. The highest BCUT2D eigenvalue weighted by molar-refractivity contribution is 5.93. The normalized spacial score (nSPS) is 10.3. The van der Waals surface area contributed by atoms with Crippen molar-refractivity contribution in [1.29, 1.82) is 0 Å². The van der Waals surface area contributed by atoms with Crippen molar-refractivity contribution in [1.82, 2.24) is 9.97 Å². The molecule has 116 valence electrons. The number of aromatic nitrogens is 2. The molecule has 22 heavy (non-hydrogen) atoms. The lowest BCUT2D eigenvalue weighted by Crippen LogP contribution is -2.14.